The average Bonchev–Trinajstić information content (AvgIpc) is 2.54. The van der Waals surface area contributed by atoms with Crippen LogP contribution < -0.4 is 0 Å². The largest absolute Gasteiger partial charge is 0.386 e. The molecular weight excluding hydrogens is 304 g/mol. The van der Waals surface area contributed by atoms with Gasteiger partial charge in [0.1, 0.15) is 6.10 Å². The summed E-state index contributed by atoms with van der Waals surface area (Å²) in [4.78, 5) is 13.5. The zero-order chi connectivity index (χ0) is 17.3. The number of carbonyl (C=O) groups is 1. The van der Waals surface area contributed by atoms with E-state index in [2.05, 4.69) is 19.9 Å². The van der Waals surface area contributed by atoms with Crippen molar-refractivity contribution in [2.24, 2.45) is 5.41 Å². The number of benzene rings is 1. The summed E-state index contributed by atoms with van der Waals surface area (Å²) in [5.74, 6) is -1.50. The normalized spacial score (nSPS) is 30.9. The SMILES string of the molecule is CO[C@@]12OC[C@@H](O)c3c(C)ccc(c31)C1=C(C2=O)C(C)(C)CCC1. The fourth-order valence-corrected chi connectivity index (χ4v) is 4.79. The molecule has 0 unspecified atom stereocenters. The first-order chi connectivity index (χ1) is 11.3. The van der Waals surface area contributed by atoms with Crippen LogP contribution in [-0.2, 0) is 20.1 Å². The van der Waals surface area contributed by atoms with Crippen molar-refractivity contribution in [3.8, 4) is 0 Å². The molecule has 4 heteroatoms. The first-order valence-corrected chi connectivity index (χ1v) is 8.63. The van der Waals surface area contributed by atoms with Crippen molar-refractivity contribution in [3.63, 3.8) is 0 Å². The zero-order valence-electron chi connectivity index (χ0n) is 14.7. The van der Waals surface area contributed by atoms with E-state index in [1.165, 1.54) is 7.11 Å². The lowest BCUT2D eigenvalue weighted by Gasteiger charge is -2.47. The standard InChI is InChI=1S/C20H24O4/c1-11-7-8-13-12-6-5-9-19(2,3)17(12)18(22)20(23-4)16(13)15(11)14(21)10-24-20/h7-8,14,21H,5-6,9-10H2,1-4H3/t14-,20-/m1/s1. The molecule has 4 nitrogen and oxygen atoms in total. The molecule has 2 aliphatic carbocycles. The summed E-state index contributed by atoms with van der Waals surface area (Å²) in [6.45, 7) is 6.28. The van der Waals surface area contributed by atoms with E-state index in [1.54, 1.807) is 0 Å². The summed E-state index contributed by atoms with van der Waals surface area (Å²) in [5.41, 5.74) is 5.26. The van der Waals surface area contributed by atoms with E-state index >= 15 is 0 Å². The number of aliphatic hydroxyl groups excluding tert-OH is 1. The summed E-state index contributed by atoms with van der Waals surface area (Å²) in [7, 11) is 1.52. The number of ketones is 1. The number of aliphatic hydroxyl groups is 1. The number of Topliss-reactive ketones (excluding diaryl/α,β-unsaturated/α-hetero) is 1. The van der Waals surface area contributed by atoms with Gasteiger partial charge in [0.2, 0.25) is 5.78 Å². The Morgan fingerprint density at radius 2 is 2.08 bits per heavy atom. The fraction of sp³-hybridized carbons (Fsp3) is 0.550. The summed E-state index contributed by atoms with van der Waals surface area (Å²) in [5, 5.41) is 10.5. The third kappa shape index (κ3) is 1.82. The van der Waals surface area contributed by atoms with Gasteiger partial charge >= 0.3 is 0 Å². The van der Waals surface area contributed by atoms with Gasteiger partial charge in [-0.05, 0) is 53.9 Å². The predicted molar refractivity (Wildman–Crippen MR) is 90.3 cm³/mol. The molecule has 4 rings (SSSR count). The van der Waals surface area contributed by atoms with Crippen LogP contribution in [0.4, 0.5) is 0 Å². The van der Waals surface area contributed by atoms with E-state index in [0.29, 0.717) is 0 Å². The second kappa shape index (κ2) is 5.01. The van der Waals surface area contributed by atoms with Crippen molar-refractivity contribution in [3.05, 3.63) is 40.0 Å². The molecule has 1 N–H and O–H groups in total. The number of methoxy groups -OCH3 is 1. The number of ether oxygens (including phenoxy) is 2. The number of carbonyl (C=O) groups excluding carboxylic acids is 1. The van der Waals surface area contributed by atoms with E-state index in [4.69, 9.17) is 9.47 Å². The highest BCUT2D eigenvalue weighted by molar-refractivity contribution is 6.12. The van der Waals surface area contributed by atoms with Crippen LogP contribution in [0.15, 0.2) is 17.7 Å². The van der Waals surface area contributed by atoms with Gasteiger partial charge in [-0.1, -0.05) is 26.0 Å². The van der Waals surface area contributed by atoms with E-state index < -0.39 is 11.9 Å². The van der Waals surface area contributed by atoms with Gasteiger partial charge in [0.05, 0.1) is 6.61 Å². The van der Waals surface area contributed by atoms with Crippen molar-refractivity contribution in [1.82, 2.24) is 0 Å². The molecule has 0 bridgehead atoms. The van der Waals surface area contributed by atoms with Crippen molar-refractivity contribution in [2.45, 2.75) is 51.9 Å². The molecule has 0 saturated carbocycles. The average molecular weight is 328 g/mol. The van der Waals surface area contributed by atoms with Crippen LogP contribution >= 0.6 is 0 Å². The zero-order valence-corrected chi connectivity index (χ0v) is 14.7. The van der Waals surface area contributed by atoms with E-state index in [1.807, 2.05) is 13.0 Å². The van der Waals surface area contributed by atoms with Gasteiger partial charge in [0, 0.05) is 18.2 Å². The first kappa shape index (κ1) is 16.0. The Labute approximate surface area is 142 Å². The fourth-order valence-electron chi connectivity index (χ4n) is 4.79. The number of aryl methyl sites for hydroxylation is 1. The summed E-state index contributed by atoms with van der Waals surface area (Å²) in [6, 6.07) is 4.09. The lowest BCUT2D eigenvalue weighted by atomic mass is 9.63. The molecule has 1 heterocycles. The maximum Gasteiger partial charge on any atom is 0.261 e. The predicted octanol–water partition coefficient (Wildman–Crippen LogP) is 3.40. The topological polar surface area (TPSA) is 55.8 Å². The monoisotopic (exact) mass is 328 g/mol. The second-order valence-corrected chi connectivity index (χ2v) is 7.79. The van der Waals surface area contributed by atoms with Crippen LogP contribution in [-0.4, -0.2) is 24.6 Å². The number of hydrogen-bond acceptors (Lipinski definition) is 4. The van der Waals surface area contributed by atoms with Crippen molar-refractivity contribution in [2.75, 3.05) is 13.7 Å². The number of allylic oxidation sites excluding steroid dienone is 1. The maximum absolute atomic E-state index is 13.5. The molecule has 0 fully saturated rings. The maximum atomic E-state index is 13.5. The Morgan fingerprint density at radius 3 is 2.79 bits per heavy atom. The highest BCUT2D eigenvalue weighted by Gasteiger charge is 2.56. The van der Waals surface area contributed by atoms with Crippen LogP contribution in [0.1, 0.15) is 61.5 Å². The molecule has 0 spiro atoms. The van der Waals surface area contributed by atoms with Crippen LogP contribution in [0.25, 0.3) is 5.57 Å². The molecule has 2 atom stereocenters. The van der Waals surface area contributed by atoms with Crippen molar-refractivity contribution in [1.29, 1.82) is 0 Å². The molecule has 0 radical (unpaired) electrons. The van der Waals surface area contributed by atoms with Gasteiger partial charge in [0.25, 0.3) is 5.79 Å². The van der Waals surface area contributed by atoms with Gasteiger partial charge in [0.15, 0.2) is 0 Å². The molecule has 0 aromatic heterocycles. The highest BCUT2D eigenvalue weighted by atomic mass is 16.7. The van der Waals surface area contributed by atoms with Gasteiger partial charge in [-0.3, -0.25) is 4.79 Å². The van der Waals surface area contributed by atoms with Crippen LogP contribution in [0, 0.1) is 12.3 Å². The smallest absolute Gasteiger partial charge is 0.261 e. The number of rotatable bonds is 1. The lowest BCUT2D eigenvalue weighted by molar-refractivity contribution is -0.240. The second-order valence-electron chi connectivity index (χ2n) is 7.79. The molecule has 1 aromatic rings. The van der Waals surface area contributed by atoms with Gasteiger partial charge in [-0.15, -0.1) is 0 Å². The summed E-state index contributed by atoms with van der Waals surface area (Å²) >= 11 is 0. The molecular formula is C20H24O4. The minimum Gasteiger partial charge on any atom is -0.386 e. The van der Waals surface area contributed by atoms with E-state index in [-0.39, 0.29) is 17.8 Å². The van der Waals surface area contributed by atoms with Crippen LogP contribution in [0.5, 0.6) is 0 Å². The van der Waals surface area contributed by atoms with Crippen molar-refractivity contribution >= 4 is 11.4 Å². The third-order valence-electron chi connectivity index (χ3n) is 5.92. The Hall–Kier alpha value is -1.49. The molecule has 128 valence electrons. The molecule has 0 amide bonds. The Bertz CT molecular complexity index is 774. The Kier molecular flexibility index (Phi) is 3.34. The minimum atomic E-state index is -1.41. The molecule has 1 aromatic carbocycles. The summed E-state index contributed by atoms with van der Waals surface area (Å²) < 4.78 is 11.6. The van der Waals surface area contributed by atoms with Crippen LogP contribution in [0.3, 0.4) is 0 Å². The van der Waals surface area contributed by atoms with Gasteiger partial charge in [-0.25, -0.2) is 0 Å². The lowest BCUT2D eigenvalue weighted by Crippen LogP contribution is -2.51. The molecule has 0 saturated heterocycles. The van der Waals surface area contributed by atoms with E-state index in [0.717, 1.165) is 52.7 Å². The quantitative estimate of drug-likeness (QED) is 0.858. The van der Waals surface area contributed by atoms with E-state index in [9.17, 15) is 9.90 Å². The third-order valence-corrected chi connectivity index (χ3v) is 5.92. The molecule has 3 aliphatic rings. The Morgan fingerprint density at radius 1 is 1.33 bits per heavy atom. The minimum absolute atomic E-state index is 0.0694. The molecule has 24 heavy (non-hydrogen) atoms. The number of fused-ring (bicyclic) bond motifs is 1. The number of hydrogen-bond donors (Lipinski definition) is 1. The molecule has 1 aliphatic heterocycles. The van der Waals surface area contributed by atoms with Crippen molar-refractivity contribution < 1.29 is 19.4 Å². The van der Waals surface area contributed by atoms with Gasteiger partial charge in [-0.2, -0.15) is 0 Å². The highest BCUT2D eigenvalue weighted by Crippen LogP contribution is 2.55. The first-order valence-electron chi connectivity index (χ1n) is 8.63. The summed E-state index contributed by atoms with van der Waals surface area (Å²) in [6.07, 6.45) is 2.20. The van der Waals surface area contributed by atoms with Gasteiger partial charge < -0.3 is 14.6 Å². The van der Waals surface area contributed by atoms with Crippen LogP contribution in [0.2, 0.25) is 0 Å². The Balaban J connectivity index is 2.12.